The zero-order valence-electron chi connectivity index (χ0n) is 10.7. The van der Waals surface area contributed by atoms with Crippen molar-refractivity contribution >= 4 is 39.4 Å². The van der Waals surface area contributed by atoms with Crippen molar-refractivity contribution < 1.29 is 14.7 Å². The lowest BCUT2D eigenvalue weighted by atomic mass is 10.0. The number of carbonyl (C=O) groups is 2. The van der Waals surface area contributed by atoms with Gasteiger partial charge in [0.15, 0.2) is 0 Å². The van der Waals surface area contributed by atoms with Crippen molar-refractivity contribution in [3.63, 3.8) is 0 Å². The topological polar surface area (TPSA) is 70.5 Å². The van der Waals surface area contributed by atoms with E-state index in [1.165, 1.54) is 0 Å². The molecule has 2 rings (SSSR count). The molecule has 0 saturated carbocycles. The second-order valence-corrected chi connectivity index (χ2v) is 6.10. The monoisotopic (exact) mass is 360 g/mol. The molecule has 1 amide bonds. The summed E-state index contributed by atoms with van der Waals surface area (Å²) in [4.78, 5) is 28.6. The summed E-state index contributed by atoms with van der Waals surface area (Å²) in [5.41, 5.74) is 0.375. The van der Waals surface area contributed by atoms with Gasteiger partial charge in [0.1, 0.15) is 5.15 Å². The van der Waals surface area contributed by atoms with Gasteiger partial charge in [-0.05, 0) is 40.8 Å². The number of carbonyl (C=O) groups excluding carboxylic acids is 1. The number of rotatable bonds is 4. The summed E-state index contributed by atoms with van der Waals surface area (Å²) in [5.74, 6) is -0.704. The molecular formula is C13H14BrClN2O3. The van der Waals surface area contributed by atoms with Gasteiger partial charge in [0, 0.05) is 30.2 Å². The summed E-state index contributed by atoms with van der Waals surface area (Å²) < 4.78 is 0.701. The molecule has 2 heterocycles. The molecule has 1 saturated heterocycles. The van der Waals surface area contributed by atoms with E-state index in [2.05, 4.69) is 20.9 Å². The Labute approximate surface area is 130 Å². The molecule has 1 aromatic heterocycles. The van der Waals surface area contributed by atoms with E-state index >= 15 is 0 Å². The Morgan fingerprint density at radius 2 is 2.30 bits per heavy atom. The Morgan fingerprint density at radius 1 is 1.55 bits per heavy atom. The minimum absolute atomic E-state index is 0.145. The first kappa shape index (κ1) is 15.3. The molecule has 1 aromatic rings. The molecule has 7 heteroatoms. The fraction of sp³-hybridized carbons (Fsp3) is 0.462. The fourth-order valence-electron chi connectivity index (χ4n) is 2.32. The third kappa shape index (κ3) is 3.70. The maximum absolute atomic E-state index is 12.4. The van der Waals surface area contributed by atoms with Gasteiger partial charge in [-0.3, -0.25) is 9.59 Å². The zero-order valence-corrected chi connectivity index (χ0v) is 13.0. The quantitative estimate of drug-likeness (QED) is 0.837. The van der Waals surface area contributed by atoms with Gasteiger partial charge in [-0.25, -0.2) is 4.98 Å². The first-order valence-electron chi connectivity index (χ1n) is 6.29. The molecule has 0 spiro atoms. The largest absolute Gasteiger partial charge is 0.481 e. The molecule has 0 radical (unpaired) electrons. The van der Waals surface area contributed by atoms with Crippen LogP contribution in [0.4, 0.5) is 0 Å². The Balaban J connectivity index is 2.00. The number of nitrogens with zero attached hydrogens (tertiary/aromatic N) is 2. The van der Waals surface area contributed by atoms with Crippen LogP contribution in [0.15, 0.2) is 16.7 Å². The van der Waals surface area contributed by atoms with Gasteiger partial charge < -0.3 is 10.0 Å². The van der Waals surface area contributed by atoms with E-state index in [0.29, 0.717) is 29.5 Å². The minimum Gasteiger partial charge on any atom is -0.481 e. The second-order valence-electron chi connectivity index (χ2n) is 4.83. The van der Waals surface area contributed by atoms with Crippen molar-refractivity contribution in [2.75, 3.05) is 13.1 Å². The van der Waals surface area contributed by atoms with Crippen molar-refractivity contribution in [1.82, 2.24) is 9.88 Å². The van der Waals surface area contributed by atoms with Crippen LogP contribution in [0.2, 0.25) is 5.15 Å². The molecule has 0 aromatic carbocycles. The third-order valence-corrected chi connectivity index (χ3v) is 4.11. The van der Waals surface area contributed by atoms with Gasteiger partial charge in [-0.1, -0.05) is 11.6 Å². The van der Waals surface area contributed by atoms with E-state index in [-0.39, 0.29) is 23.4 Å². The number of halogens is 2. The van der Waals surface area contributed by atoms with Crippen LogP contribution in [0.5, 0.6) is 0 Å². The highest BCUT2D eigenvalue weighted by Crippen LogP contribution is 2.25. The average Bonchev–Trinajstić information content (AvgIpc) is 2.87. The van der Waals surface area contributed by atoms with Crippen LogP contribution in [0.25, 0.3) is 0 Å². The number of carboxylic acids is 1. The number of aromatic nitrogens is 1. The van der Waals surface area contributed by atoms with Gasteiger partial charge in [0.05, 0.1) is 5.56 Å². The van der Waals surface area contributed by atoms with E-state index in [1.54, 1.807) is 17.2 Å². The van der Waals surface area contributed by atoms with Crippen molar-refractivity contribution in [2.24, 2.45) is 5.92 Å². The molecule has 1 aliphatic rings. The fourth-order valence-corrected chi connectivity index (χ4v) is 2.84. The maximum atomic E-state index is 12.4. The standard InChI is InChI=1S/C13H14BrClN2O3/c14-9-5-10(12(15)16-6-9)13(20)17-4-3-8(7-17)1-2-11(18)19/h5-6,8H,1-4,7H2,(H,18,19). The molecule has 0 aliphatic carbocycles. The number of hydrogen-bond donors (Lipinski definition) is 1. The van der Waals surface area contributed by atoms with Crippen molar-refractivity contribution in [2.45, 2.75) is 19.3 Å². The summed E-state index contributed by atoms with van der Waals surface area (Å²) in [7, 11) is 0. The summed E-state index contributed by atoms with van der Waals surface area (Å²) in [6.07, 6.45) is 3.12. The van der Waals surface area contributed by atoms with Crippen LogP contribution in [0.1, 0.15) is 29.6 Å². The lowest BCUT2D eigenvalue weighted by molar-refractivity contribution is -0.137. The van der Waals surface area contributed by atoms with E-state index in [1.807, 2.05) is 0 Å². The highest BCUT2D eigenvalue weighted by atomic mass is 79.9. The molecule has 1 aliphatic heterocycles. The number of aliphatic carboxylic acids is 1. The Kier molecular flexibility index (Phi) is 4.99. The van der Waals surface area contributed by atoms with E-state index in [9.17, 15) is 9.59 Å². The molecule has 0 bridgehead atoms. The van der Waals surface area contributed by atoms with Crippen molar-refractivity contribution in [3.8, 4) is 0 Å². The lowest BCUT2D eigenvalue weighted by Crippen LogP contribution is -2.29. The maximum Gasteiger partial charge on any atom is 0.303 e. The molecule has 20 heavy (non-hydrogen) atoms. The van der Waals surface area contributed by atoms with Crippen LogP contribution in [-0.2, 0) is 4.79 Å². The van der Waals surface area contributed by atoms with Crippen molar-refractivity contribution in [1.29, 1.82) is 0 Å². The van der Waals surface area contributed by atoms with Gasteiger partial charge in [0.25, 0.3) is 5.91 Å². The van der Waals surface area contributed by atoms with Crippen LogP contribution < -0.4 is 0 Å². The molecule has 1 N–H and O–H groups in total. The Bertz CT molecular complexity index is 538. The van der Waals surface area contributed by atoms with E-state index in [4.69, 9.17) is 16.7 Å². The molecular weight excluding hydrogens is 348 g/mol. The van der Waals surface area contributed by atoms with Crippen molar-refractivity contribution in [3.05, 3.63) is 27.5 Å². The minimum atomic E-state index is -0.797. The number of amides is 1. The Morgan fingerprint density at radius 3 is 3.00 bits per heavy atom. The predicted molar refractivity (Wildman–Crippen MR) is 77.8 cm³/mol. The van der Waals surface area contributed by atoms with Crippen LogP contribution >= 0.6 is 27.5 Å². The second kappa shape index (κ2) is 6.54. The Hall–Kier alpha value is -1.14. The van der Waals surface area contributed by atoms with Gasteiger partial charge in [0.2, 0.25) is 0 Å². The molecule has 108 valence electrons. The van der Waals surface area contributed by atoms with E-state index in [0.717, 1.165) is 6.42 Å². The highest BCUT2D eigenvalue weighted by Gasteiger charge is 2.28. The normalized spacial score (nSPS) is 18.3. The van der Waals surface area contributed by atoms with Gasteiger partial charge in [-0.15, -0.1) is 0 Å². The van der Waals surface area contributed by atoms with Crippen LogP contribution in [0.3, 0.4) is 0 Å². The first-order valence-corrected chi connectivity index (χ1v) is 7.46. The summed E-state index contributed by atoms with van der Waals surface area (Å²) >= 11 is 9.22. The predicted octanol–water partition coefficient (Wildman–Crippen LogP) is 2.82. The van der Waals surface area contributed by atoms with Gasteiger partial charge >= 0.3 is 5.97 Å². The number of pyridine rings is 1. The summed E-state index contributed by atoms with van der Waals surface area (Å²) in [6.45, 7) is 1.21. The number of hydrogen-bond acceptors (Lipinski definition) is 3. The molecule has 5 nitrogen and oxygen atoms in total. The van der Waals surface area contributed by atoms with E-state index < -0.39 is 5.97 Å². The summed E-state index contributed by atoms with van der Waals surface area (Å²) in [6, 6.07) is 1.66. The van der Waals surface area contributed by atoms with Crippen LogP contribution in [-0.4, -0.2) is 40.0 Å². The number of likely N-dealkylation sites (tertiary alicyclic amines) is 1. The third-order valence-electron chi connectivity index (χ3n) is 3.38. The zero-order chi connectivity index (χ0) is 14.7. The molecule has 1 unspecified atom stereocenters. The first-order chi connectivity index (χ1) is 9.47. The highest BCUT2D eigenvalue weighted by molar-refractivity contribution is 9.10. The average molecular weight is 362 g/mol. The lowest BCUT2D eigenvalue weighted by Gasteiger charge is -2.17. The smallest absolute Gasteiger partial charge is 0.303 e. The van der Waals surface area contributed by atoms with Gasteiger partial charge in [-0.2, -0.15) is 0 Å². The molecule has 1 fully saturated rings. The number of carboxylic acid groups (broad SMARTS) is 1. The van der Waals surface area contributed by atoms with Crippen LogP contribution in [0, 0.1) is 5.92 Å². The molecule has 1 atom stereocenters. The summed E-state index contributed by atoms with van der Waals surface area (Å²) in [5, 5.41) is 8.87. The SMILES string of the molecule is O=C(O)CCC1CCN(C(=O)c2cc(Br)cnc2Cl)C1.